The molecule has 7 heteroatoms. The Morgan fingerprint density at radius 1 is 1.37 bits per heavy atom. The van der Waals surface area contributed by atoms with E-state index >= 15 is 0 Å². The van der Waals surface area contributed by atoms with E-state index in [4.69, 9.17) is 0 Å². The molecule has 0 atom stereocenters. The number of nitro groups is 1. The van der Waals surface area contributed by atoms with Gasteiger partial charge in [0.2, 0.25) is 0 Å². The van der Waals surface area contributed by atoms with Gasteiger partial charge in [-0.2, -0.15) is 0 Å². The largest absolute Gasteiger partial charge is 0.383 e. The SMILES string of the molecule is CNc1cccc(Sc2ccc(Br)cn2)c1[N+](=O)[O-]. The number of anilines is 1. The summed E-state index contributed by atoms with van der Waals surface area (Å²) < 4.78 is 0.871. The first-order valence-corrected chi connectivity index (χ1v) is 6.97. The zero-order chi connectivity index (χ0) is 13.8. The molecule has 0 spiro atoms. The second-order valence-electron chi connectivity index (χ2n) is 3.58. The van der Waals surface area contributed by atoms with Gasteiger partial charge in [0.25, 0.3) is 0 Å². The highest BCUT2D eigenvalue weighted by atomic mass is 79.9. The third kappa shape index (κ3) is 3.24. The smallest absolute Gasteiger partial charge is 0.306 e. The Kier molecular flexibility index (Phi) is 4.39. The fourth-order valence-electron chi connectivity index (χ4n) is 1.53. The molecule has 0 amide bonds. The van der Waals surface area contributed by atoms with E-state index in [2.05, 4.69) is 26.2 Å². The van der Waals surface area contributed by atoms with Crippen LogP contribution < -0.4 is 5.32 Å². The molecule has 1 heterocycles. The average Bonchev–Trinajstić information content (AvgIpc) is 2.40. The molecule has 0 saturated heterocycles. The molecule has 2 aromatic rings. The summed E-state index contributed by atoms with van der Waals surface area (Å²) in [7, 11) is 1.66. The quantitative estimate of drug-likeness (QED) is 0.674. The fourth-order valence-corrected chi connectivity index (χ4v) is 2.66. The van der Waals surface area contributed by atoms with Crippen LogP contribution in [0.25, 0.3) is 0 Å². The minimum absolute atomic E-state index is 0.0692. The third-order valence-corrected chi connectivity index (χ3v) is 3.83. The van der Waals surface area contributed by atoms with E-state index in [-0.39, 0.29) is 10.6 Å². The lowest BCUT2D eigenvalue weighted by Gasteiger charge is -2.06. The second-order valence-corrected chi connectivity index (χ2v) is 5.55. The van der Waals surface area contributed by atoms with Crippen molar-refractivity contribution in [3.63, 3.8) is 0 Å². The molecule has 2 rings (SSSR count). The minimum atomic E-state index is -0.382. The van der Waals surface area contributed by atoms with Gasteiger partial charge in [-0.05, 0) is 40.2 Å². The number of nitrogens with one attached hydrogen (secondary N) is 1. The lowest BCUT2D eigenvalue weighted by atomic mass is 10.3. The molecule has 98 valence electrons. The molecule has 0 saturated carbocycles. The first-order chi connectivity index (χ1) is 9.11. The summed E-state index contributed by atoms with van der Waals surface area (Å²) in [6.45, 7) is 0. The zero-order valence-electron chi connectivity index (χ0n) is 9.96. The van der Waals surface area contributed by atoms with Gasteiger partial charge in [0, 0.05) is 17.7 Å². The minimum Gasteiger partial charge on any atom is -0.383 e. The molecule has 1 aromatic carbocycles. The van der Waals surface area contributed by atoms with Gasteiger partial charge in [-0.25, -0.2) is 4.98 Å². The van der Waals surface area contributed by atoms with Crippen molar-refractivity contribution in [1.29, 1.82) is 0 Å². The van der Waals surface area contributed by atoms with Crippen LogP contribution in [0.1, 0.15) is 0 Å². The molecule has 0 bridgehead atoms. The lowest BCUT2D eigenvalue weighted by molar-refractivity contribution is -0.386. The van der Waals surface area contributed by atoms with E-state index in [9.17, 15) is 10.1 Å². The number of benzene rings is 1. The summed E-state index contributed by atoms with van der Waals surface area (Å²) in [5.74, 6) is 0. The van der Waals surface area contributed by atoms with Gasteiger partial charge in [0.05, 0.1) is 9.82 Å². The number of rotatable bonds is 4. The first-order valence-electron chi connectivity index (χ1n) is 5.36. The van der Waals surface area contributed by atoms with Gasteiger partial charge in [0.15, 0.2) is 0 Å². The maximum Gasteiger partial charge on any atom is 0.306 e. The Bertz CT molecular complexity index is 604. The van der Waals surface area contributed by atoms with Crippen molar-refractivity contribution < 1.29 is 4.92 Å². The highest BCUT2D eigenvalue weighted by Gasteiger charge is 2.19. The van der Waals surface area contributed by atoms with E-state index in [0.717, 1.165) is 4.47 Å². The topological polar surface area (TPSA) is 68.1 Å². The highest BCUT2D eigenvalue weighted by molar-refractivity contribution is 9.10. The van der Waals surface area contributed by atoms with Gasteiger partial charge in [0.1, 0.15) is 10.7 Å². The Hall–Kier alpha value is -1.60. The van der Waals surface area contributed by atoms with Crippen LogP contribution in [0.15, 0.2) is 50.9 Å². The van der Waals surface area contributed by atoms with Crippen LogP contribution in [0.3, 0.4) is 0 Å². The van der Waals surface area contributed by atoms with E-state index < -0.39 is 0 Å². The van der Waals surface area contributed by atoms with Gasteiger partial charge in [-0.3, -0.25) is 10.1 Å². The molecular weight excluding hydrogens is 330 g/mol. The molecule has 0 aliphatic carbocycles. The standard InChI is InChI=1S/C12H10BrN3O2S/c1-14-9-3-2-4-10(12(9)16(17)18)19-11-6-5-8(13)7-15-11/h2-7,14H,1H3. The van der Waals surface area contributed by atoms with Gasteiger partial charge < -0.3 is 5.32 Å². The highest BCUT2D eigenvalue weighted by Crippen LogP contribution is 2.38. The van der Waals surface area contributed by atoms with Crippen molar-refractivity contribution in [3.05, 3.63) is 51.1 Å². The van der Waals surface area contributed by atoms with Crippen molar-refractivity contribution in [2.24, 2.45) is 0 Å². The van der Waals surface area contributed by atoms with E-state index in [1.54, 1.807) is 31.4 Å². The van der Waals surface area contributed by atoms with Gasteiger partial charge in [-0.15, -0.1) is 0 Å². The number of nitro benzene ring substituents is 1. The molecular formula is C12H10BrN3O2S. The van der Waals surface area contributed by atoms with E-state index in [1.807, 2.05) is 12.1 Å². The number of pyridine rings is 1. The van der Waals surface area contributed by atoms with Crippen LogP contribution in [0, 0.1) is 10.1 Å². The Morgan fingerprint density at radius 3 is 2.74 bits per heavy atom. The molecule has 0 unspecified atom stereocenters. The molecule has 0 aliphatic rings. The molecule has 19 heavy (non-hydrogen) atoms. The maximum absolute atomic E-state index is 11.2. The van der Waals surface area contributed by atoms with E-state index in [1.165, 1.54) is 11.8 Å². The third-order valence-electron chi connectivity index (χ3n) is 2.37. The second kappa shape index (κ2) is 6.03. The van der Waals surface area contributed by atoms with Crippen molar-refractivity contribution in [2.45, 2.75) is 9.92 Å². The van der Waals surface area contributed by atoms with Crippen LogP contribution in [-0.2, 0) is 0 Å². The molecule has 1 aromatic heterocycles. The predicted octanol–water partition coefficient (Wildman–Crippen LogP) is 3.95. The normalized spacial score (nSPS) is 10.2. The number of hydrogen-bond acceptors (Lipinski definition) is 5. The fraction of sp³-hybridized carbons (Fsp3) is 0.0833. The van der Waals surface area contributed by atoms with Crippen LogP contribution in [-0.4, -0.2) is 17.0 Å². The summed E-state index contributed by atoms with van der Waals surface area (Å²) in [5.41, 5.74) is 0.562. The Balaban J connectivity index is 2.39. The maximum atomic E-state index is 11.2. The lowest BCUT2D eigenvalue weighted by Crippen LogP contribution is -1.98. The summed E-state index contributed by atoms with van der Waals surface area (Å²) in [5, 5.41) is 14.7. The van der Waals surface area contributed by atoms with Crippen LogP contribution in [0.5, 0.6) is 0 Å². The average molecular weight is 340 g/mol. The number of nitrogens with zero attached hydrogens (tertiary/aromatic N) is 2. The summed E-state index contributed by atoms with van der Waals surface area (Å²) in [4.78, 5) is 15.6. The van der Waals surface area contributed by atoms with Gasteiger partial charge >= 0.3 is 5.69 Å². The monoisotopic (exact) mass is 339 g/mol. The Labute approximate surface area is 122 Å². The summed E-state index contributed by atoms with van der Waals surface area (Å²) in [6, 6.07) is 8.83. The molecule has 0 fully saturated rings. The van der Waals surface area contributed by atoms with Crippen LogP contribution >= 0.6 is 27.7 Å². The number of hydrogen-bond donors (Lipinski definition) is 1. The molecule has 1 N–H and O–H groups in total. The number of halogens is 1. The number of para-hydroxylation sites is 1. The van der Waals surface area contributed by atoms with Crippen molar-refractivity contribution in [1.82, 2.24) is 4.98 Å². The number of aromatic nitrogens is 1. The zero-order valence-corrected chi connectivity index (χ0v) is 12.4. The summed E-state index contributed by atoms with van der Waals surface area (Å²) in [6.07, 6.45) is 1.66. The summed E-state index contributed by atoms with van der Waals surface area (Å²) >= 11 is 4.57. The Morgan fingerprint density at radius 2 is 2.16 bits per heavy atom. The van der Waals surface area contributed by atoms with Crippen molar-refractivity contribution in [2.75, 3.05) is 12.4 Å². The van der Waals surface area contributed by atoms with Crippen molar-refractivity contribution in [3.8, 4) is 0 Å². The predicted molar refractivity (Wildman–Crippen MR) is 78.7 cm³/mol. The molecule has 0 radical (unpaired) electrons. The van der Waals surface area contributed by atoms with E-state index in [0.29, 0.717) is 15.6 Å². The first kappa shape index (κ1) is 13.8. The van der Waals surface area contributed by atoms with Crippen LogP contribution in [0.2, 0.25) is 0 Å². The van der Waals surface area contributed by atoms with Gasteiger partial charge in [-0.1, -0.05) is 17.8 Å². The van der Waals surface area contributed by atoms with Crippen LogP contribution in [0.4, 0.5) is 11.4 Å². The molecule has 5 nitrogen and oxygen atoms in total. The molecule has 0 aliphatic heterocycles. The van der Waals surface area contributed by atoms with Crippen molar-refractivity contribution >= 4 is 39.1 Å².